The molecule has 3 rings (SSSR count). The summed E-state index contributed by atoms with van der Waals surface area (Å²) >= 11 is -4.21. The van der Waals surface area contributed by atoms with Crippen LogP contribution in [0, 0.1) is 0 Å². The minimum absolute atomic E-state index is 0.398. The Kier molecular flexibility index (Phi) is 6.29. The Balaban J connectivity index is 2.26. The van der Waals surface area contributed by atoms with Crippen molar-refractivity contribution < 1.29 is 24.9 Å². The predicted molar refractivity (Wildman–Crippen MR) is 109 cm³/mol. The summed E-state index contributed by atoms with van der Waals surface area (Å²) in [5.41, 5.74) is -4.81. The molecule has 29 heavy (non-hydrogen) atoms. The van der Waals surface area contributed by atoms with Crippen LogP contribution in [0.1, 0.15) is 5.56 Å². The van der Waals surface area contributed by atoms with Gasteiger partial charge in [-0.15, -0.1) is 0 Å². The molecule has 0 saturated heterocycles. The zero-order chi connectivity index (χ0) is 21.0. The van der Waals surface area contributed by atoms with Crippen molar-refractivity contribution in [3.8, 4) is 0 Å². The van der Waals surface area contributed by atoms with Crippen LogP contribution in [-0.4, -0.2) is 27.1 Å². The van der Waals surface area contributed by atoms with Gasteiger partial charge >= 0.3 is 170 Å². The van der Waals surface area contributed by atoms with E-state index in [4.69, 9.17) is 3.27 Å². The topological polar surface area (TPSA) is 43.4 Å². The number of hydrogen-bond acceptors (Lipinski definition) is 3. The van der Waals surface area contributed by atoms with Crippen LogP contribution in [-0.2, 0) is 13.4 Å². The Morgan fingerprint density at radius 2 is 1.14 bits per heavy atom. The normalized spacial score (nSPS) is 13.5. The summed E-state index contributed by atoms with van der Waals surface area (Å²) in [6.45, 7) is 0. The van der Waals surface area contributed by atoms with E-state index in [0.717, 1.165) is 0 Å². The third-order valence-electron chi connectivity index (χ3n) is 3.92. The van der Waals surface area contributed by atoms with Crippen molar-refractivity contribution in [2.75, 3.05) is 0 Å². The van der Waals surface area contributed by atoms with E-state index in [1.165, 1.54) is 4.97 Å². The summed E-state index contributed by atoms with van der Waals surface area (Å²) in [5, 5.41) is 0. The number of hydrogen-bond donors (Lipinski definition) is 0. The van der Waals surface area contributed by atoms with Gasteiger partial charge in [-0.2, -0.15) is 0 Å². The molecule has 3 aromatic rings. The van der Waals surface area contributed by atoms with Crippen LogP contribution in [0.5, 0.6) is 0 Å². The molecule has 0 aromatic heterocycles. The van der Waals surface area contributed by atoms with Crippen molar-refractivity contribution in [1.82, 2.24) is 0 Å². The number of alkyl halides is 3. The van der Waals surface area contributed by atoms with Gasteiger partial charge in [0.05, 0.1) is 0 Å². The van der Waals surface area contributed by atoms with Crippen molar-refractivity contribution in [3.63, 3.8) is 0 Å². The Labute approximate surface area is 170 Å². The first-order valence-corrected chi connectivity index (χ1v) is 13.2. The fourth-order valence-electron chi connectivity index (χ4n) is 2.56. The molecule has 3 aromatic carbocycles. The molecule has 3 nitrogen and oxygen atoms in total. The average Bonchev–Trinajstić information content (AvgIpc) is 2.72. The SMILES string of the molecule is O=S(=O)(O[Se](/C=C/c1ccccc1)(c1ccccc1)c1ccccc1)C(F)(F)F. The van der Waals surface area contributed by atoms with Crippen LogP contribution in [0.4, 0.5) is 13.2 Å². The second-order valence-electron chi connectivity index (χ2n) is 5.91. The molecule has 0 aliphatic carbocycles. The summed E-state index contributed by atoms with van der Waals surface area (Å²) < 4.78 is 69.8. The first-order valence-electron chi connectivity index (χ1n) is 8.44. The molecule has 0 spiro atoms. The van der Waals surface area contributed by atoms with E-state index in [-0.39, 0.29) is 0 Å². The Hall–Kier alpha value is -2.38. The first-order chi connectivity index (χ1) is 13.7. The Morgan fingerprint density at radius 3 is 1.55 bits per heavy atom. The molecule has 0 aliphatic heterocycles. The molecule has 0 heterocycles. The zero-order valence-electron chi connectivity index (χ0n) is 15.0. The van der Waals surface area contributed by atoms with Gasteiger partial charge in [0.15, 0.2) is 0 Å². The van der Waals surface area contributed by atoms with Gasteiger partial charge in [0.2, 0.25) is 0 Å². The van der Waals surface area contributed by atoms with Crippen molar-refractivity contribution in [2.24, 2.45) is 0 Å². The molecule has 0 saturated carbocycles. The minimum atomic E-state index is -5.84. The third-order valence-corrected chi connectivity index (χ3v) is 12.5. The van der Waals surface area contributed by atoms with E-state index in [0.29, 0.717) is 14.5 Å². The second kappa shape index (κ2) is 8.55. The molecule has 152 valence electrons. The standard InChI is InChI=1S/C21H17F3O3SSe/c22-21(23,24)28(25,26)27-29(19-12-6-2-7-13-19,20-14-8-3-9-15-20)17-16-18-10-4-1-5-11-18/h1-17H/b17-16+. The molecule has 0 aliphatic rings. The Bertz CT molecular complexity index is 1030. The summed E-state index contributed by atoms with van der Waals surface area (Å²) in [5.74, 6) is 0. The molecule has 0 fully saturated rings. The Morgan fingerprint density at radius 1 is 0.724 bits per heavy atom. The van der Waals surface area contributed by atoms with Crippen LogP contribution in [0.15, 0.2) is 96.0 Å². The molecule has 8 heteroatoms. The van der Waals surface area contributed by atoms with Gasteiger partial charge in [-0.1, -0.05) is 0 Å². The number of halogens is 3. The van der Waals surface area contributed by atoms with Crippen molar-refractivity contribution in [1.29, 1.82) is 0 Å². The van der Waals surface area contributed by atoms with Crippen LogP contribution in [0.2, 0.25) is 0 Å². The van der Waals surface area contributed by atoms with Gasteiger partial charge in [0, 0.05) is 0 Å². The molecule has 0 radical (unpaired) electrons. The zero-order valence-corrected chi connectivity index (χ0v) is 17.5. The fourth-order valence-corrected chi connectivity index (χ4v) is 11.0. The van der Waals surface area contributed by atoms with E-state index < -0.39 is 28.8 Å². The molecular formula is C21H17F3O3SSe. The molecule has 0 N–H and O–H groups in total. The summed E-state index contributed by atoms with van der Waals surface area (Å²) in [6.07, 6.45) is 1.60. The van der Waals surface area contributed by atoms with Crippen molar-refractivity contribution >= 4 is 38.3 Å². The van der Waals surface area contributed by atoms with Gasteiger partial charge in [0.1, 0.15) is 0 Å². The molecule has 0 atom stereocenters. The van der Waals surface area contributed by atoms with E-state index in [1.807, 2.05) is 6.07 Å². The molecule has 0 unspecified atom stereocenters. The summed E-state index contributed by atoms with van der Waals surface area (Å²) in [6, 6.07) is 25.3. The fraction of sp³-hybridized carbons (Fsp3) is 0.0476. The quantitative estimate of drug-likeness (QED) is 0.394. The molecule has 0 amide bonds. The average molecular weight is 485 g/mol. The van der Waals surface area contributed by atoms with Gasteiger partial charge in [-0.25, -0.2) is 0 Å². The van der Waals surface area contributed by atoms with Gasteiger partial charge in [0.25, 0.3) is 0 Å². The van der Waals surface area contributed by atoms with Crippen molar-refractivity contribution in [3.05, 3.63) is 102 Å². The third kappa shape index (κ3) is 4.79. The van der Waals surface area contributed by atoms with Gasteiger partial charge in [-0.05, 0) is 0 Å². The molecule has 0 bridgehead atoms. The van der Waals surface area contributed by atoms with Gasteiger partial charge in [-0.3, -0.25) is 0 Å². The predicted octanol–water partition coefficient (Wildman–Crippen LogP) is 3.87. The van der Waals surface area contributed by atoms with E-state index in [9.17, 15) is 21.6 Å². The van der Waals surface area contributed by atoms with Crippen LogP contribution >= 0.6 is 0 Å². The van der Waals surface area contributed by atoms with E-state index in [1.54, 1.807) is 91.0 Å². The van der Waals surface area contributed by atoms with E-state index >= 15 is 0 Å². The maximum atomic E-state index is 13.2. The summed E-state index contributed by atoms with van der Waals surface area (Å²) in [7, 11) is -5.84. The monoisotopic (exact) mass is 486 g/mol. The van der Waals surface area contributed by atoms with E-state index in [2.05, 4.69) is 0 Å². The maximum absolute atomic E-state index is 13.2. The van der Waals surface area contributed by atoms with Crippen LogP contribution < -0.4 is 8.92 Å². The van der Waals surface area contributed by atoms with Gasteiger partial charge < -0.3 is 0 Å². The second-order valence-corrected chi connectivity index (χ2v) is 13.3. The van der Waals surface area contributed by atoms with Crippen LogP contribution in [0.25, 0.3) is 6.08 Å². The first kappa shape index (κ1) is 21.3. The number of rotatable bonds is 6. The summed E-state index contributed by atoms with van der Waals surface area (Å²) in [4.78, 5) is 1.49. The molecular weight excluding hydrogens is 468 g/mol. The van der Waals surface area contributed by atoms with Crippen molar-refractivity contribution in [2.45, 2.75) is 5.51 Å². The number of benzene rings is 3. The van der Waals surface area contributed by atoms with Crippen LogP contribution in [0.3, 0.4) is 0 Å².